The summed E-state index contributed by atoms with van der Waals surface area (Å²) in [5, 5.41) is 4.53. The van der Waals surface area contributed by atoms with Crippen LogP contribution in [0.1, 0.15) is 11.7 Å². The molecule has 2 N–H and O–H groups in total. The lowest BCUT2D eigenvalue weighted by atomic mass is 10.2. The van der Waals surface area contributed by atoms with Gasteiger partial charge < -0.3 is 10.6 Å². The number of rotatable bonds is 6. The highest BCUT2D eigenvalue weighted by Crippen LogP contribution is 2.22. The van der Waals surface area contributed by atoms with Gasteiger partial charge in [-0.15, -0.1) is 0 Å². The zero-order chi connectivity index (χ0) is 13.9. The summed E-state index contributed by atoms with van der Waals surface area (Å²) in [6.45, 7) is 1.39. The summed E-state index contributed by atoms with van der Waals surface area (Å²) in [6, 6.07) is -0.655. The van der Waals surface area contributed by atoms with Gasteiger partial charge in [0.1, 0.15) is 9.84 Å². The molecule has 0 spiro atoms. The van der Waals surface area contributed by atoms with E-state index in [-0.39, 0.29) is 5.75 Å². The molecular formula is C10H19ClN4O2S. The molecule has 0 radical (unpaired) electrons. The molecule has 0 aromatic carbocycles. The summed E-state index contributed by atoms with van der Waals surface area (Å²) in [5.74, 6) is -0.139. The van der Waals surface area contributed by atoms with E-state index in [0.717, 1.165) is 12.8 Å². The average Bonchev–Trinajstić information content (AvgIpc) is 2.53. The van der Waals surface area contributed by atoms with Crippen molar-refractivity contribution in [2.45, 2.75) is 12.6 Å². The van der Waals surface area contributed by atoms with Crippen molar-refractivity contribution >= 4 is 21.4 Å². The molecular weight excluding hydrogens is 276 g/mol. The first-order chi connectivity index (χ1) is 8.20. The standard InChI is InChI=1S/C10H19ClN4O2S/c1-14(2)4-5-15-10(8(11)6-13-15)9(12)7-18(3,16)17/h6,9H,4-5,7,12H2,1-3H3. The van der Waals surface area contributed by atoms with Gasteiger partial charge in [0.15, 0.2) is 0 Å². The summed E-state index contributed by atoms with van der Waals surface area (Å²) in [6.07, 6.45) is 2.65. The molecule has 1 unspecified atom stereocenters. The summed E-state index contributed by atoms with van der Waals surface area (Å²) in [5.41, 5.74) is 6.47. The molecule has 0 aliphatic carbocycles. The van der Waals surface area contributed by atoms with E-state index in [4.69, 9.17) is 17.3 Å². The second-order valence-electron chi connectivity index (χ2n) is 4.60. The molecule has 1 atom stereocenters. The number of halogens is 1. The van der Waals surface area contributed by atoms with E-state index in [2.05, 4.69) is 5.10 Å². The molecule has 0 amide bonds. The van der Waals surface area contributed by atoms with Crippen LogP contribution in [0, 0.1) is 0 Å². The molecule has 0 fully saturated rings. The minimum absolute atomic E-state index is 0.139. The second-order valence-corrected chi connectivity index (χ2v) is 7.20. The number of aromatic nitrogens is 2. The number of likely N-dealkylation sites (N-methyl/N-ethyl adjacent to an activating group) is 1. The van der Waals surface area contributed by atoms with Gasteiger partial charge in [0, 0.05) is 12.8 Å². The number of hydrogen-bond donors (Lipinski definition) is 1. The van der Waals surface area contributed by atoms with Crippen LogP contribution in [0.4, 0.5) is 0 Å². The Balaban J connectivity index is 2.89. The Kier molecular flexibility index (Phi) is 5.15. The molecule has 1 rings (SSSR count). The lowest BCUT2D eigenvalue weighted by Gasteiger charge is -2.16. The van der Waals surface area contributed by atoms with Crippen LogP contribution in [0.25, 0.3) is 0 Å². The molecule has 0 saturated heterocycles. The maximum Gasteiger partial charge on any atom is 0.149 e. The van der Waals surface area contributed by atoms with Crippen molar-refractivity contribution in [1.29, 1.82) is 0 Å². The van der Waals surface area contributed by atoms with E-state index in [9.17, 15) is 8.42 Å². The van der Waals surface area contributed by atoms with Crippen LogP contribution in [0.15, 0.2) is 6.20 Å². The Morgan fingerprint density at radius 2 is 2.17 bits per heavy atom. The molecule has 1 heterocycles. The van der Waals surface area contributed by atoms with Gasteiger partial charge in [0.2, 0.25) is 0 Å². The summed E-state index contributed by atoms with van der Waals surface area (Å²) >= 11 is 6.01. The van der Waals surface area contributed by atoms with E-state index in [0.29, 0.717) is 17.3 Å². The van der Waals surface area contributed by atoms with E-state index in [1.54, 1.807) is 4.68 Å². The first kappa shape index (κ1) is 15.4. The Labute approximate surface area is 113 Å². The third-order valence-electron chi connectivity index (χ3n) is 2.43. The third-order valence-corrected chi connectivity index (χ3v) is 3.68. The second kappa shape index (κ2) is 6.01. The zero-order valence-electron chi connectivity index (χ0n) is 10.8. The van der Waals surface area contributed by atoms with E-state index in [1.165, 1.54) is 6.20 Å². The smallest absolute Gasteiger partial charge is 0.149 e. The van der Waals surface area contributed by atoms with Gasteiger partial charge in [-0.2, -0.15) is 5.10 Å². The minimum Gasteiger partial charge on any atom is -0.322 e. The number of hydrogen-bond acceptors (Lipinski definition) is 5. The molecule has 0 bridgehead atoms. The van der Waals surface area contributed by atoms with Gasteiger partial charge in [0.25, 0.3) is 0 Å². The topological polar surface area (TPSA) is 81.2 Å². The maximum absolute atomic E-state index is 11.3. The normalized spacial score (nSPS) is 14.1. The van der Waals surface area contributed by atoms with Crippen LogP contribution in [0.5, 0.6) is 0 Å². The molecule has 0 aliphatic heterocycles. The van der Waals surface area contributed by atoms with Gasteiger partial charge >= 0.3 is 0 Å². The van der Waals surface area contributed by atoms with Crippen molar-refractivity contribution in [1.82, 2.24) is 14.7 Å². The predicted octanol–water partition coefficient (Wildman–Crippen LogP) is 0.143. The van der Waals surface area contributed by atoms with Crippen molar-refractivity contribution < 1.29 is 8.42 Å². The van der Waals surface area contributed by atoms with E-state index in [1.807, 2.05) is 19.0 Å². The predicted molar refractivity (Wildman–Crippen MR) is 72.4 cm³/mol. The van der Waals surface area contributed by atoms with Crippen molar-refractivity contribution in [2.24, 2.45) is 5.73 Å². The molecule has 0 aliphatic rings. The highest BCUT2D eigenvalue weighted by atomic mass is 35.5. The molecule has 1 aromatic heterocycles. The van der Waals surface area contributed by atoms with Crippen molar-refractivity contribution in [2.75, 3.05) is 32.6 Å². The quantitative estimate of drug-likeness (QED) is 0.807. The van der Waals surface area contributed by atoms with Gasteiger partial charge in [-0.3, -0.25) is 4.68 Å². The summed E-state index contributed by atoms with van der Waals surface area (Å²) in [4.78, 5) is 2.00. The van der Waals surface area contributed by atoms with Gasteiger partial charge in [-0.1, -0.05) is 11.6 Å². The monoisotopic (exact) mass is 294 g/mol. The number of sulfone groups is 1. The fraction of sp³-hybridized carbons (Fsp3) is 0.700. The van der Waals surface area contributed by atoms with E-state index >= 15 is 0 Å². The third kappa shape index (κ3) is 4.56. The average molecular weight is 295 g/mol. The van der Waals surface area contributed by atoms with Crippen LogP contribution < -0.4 is 5.73 Å². The fourth-order valence-corrected chi connectivity index (χ4v) is 2.71. The molecule has 1 aromatic rings. The van der Waals surface area contributed by atoms with Crippen LogP contribution in [-0.4, -0.2) is 55.7 Å². The number of nitrogens with two attached hydrogens (primary N) is 1. The Bertz CT molecular complexity index is 498. The Morgan fingerprint density at radius 1 is 1.56 bits per heavy atom. The SMILES string of the molecule is CN(C)CCn1ncc(Cl)c1C(N)CS(C)(=O)=O. The van der Waals surface area contributed by atoms with Crippen LogP contribution in [0.3, 0.4) is 0 Å². The first-order valence-electron chi connectivity index (χ1n) is 5.50. The van der Waals surface area contributed by atoms with Crippen molar-refractivity contribution in [3.8, 4) is 0 Å². The minimum atomic E-state index is -3.15. The van der Waals surface area contributed by atoms with Crippen LogP contribution in [0.2, 0.25) is 5.02 Å². The lowest BCUT2D eigenvalue weighted by Crippen LogP contribution is -2.26. The van der Waals surface area contributed by atoms with Crippen molar-refractivity contribution in [3.63, 3.8) is 0 Å². The molecule has 8 heteroatoms. The van der Waals surface area contributed by atoms with Gasteiger partial charge in [-0.25, -0.2) is 8.42 Å². The largest absolute Gasteiger partial charge is 0.322 e. The highest BCUT2D eigenvalue weighted by molar-refractivity contribution is 7.90. The fourth-order valence-electron chi connectivity index (χ4n) is 1.62. The Hall–Kier alpha value is -0.630. The van der Waals surface area contributed by atoms with Gasteiger partial charge in [0.05, 0.1) is 35.3 Å². The van der Waals surface area contributed by atoms with Gasteiger partial charge in [-0.05, 0) is 14.1 Å². The first-order valence-corrected chi connectivity index (χ1v) is 7.94. The maximum atomic E-state index is 11.3. The molecule has 18 heavy (non-hydrogen) atoms. The van der Waals surface area contributed by atoms with Crippen molar-refractivity contribution in [3.05, 3.63) is 16.9 Å². The Morgan fingerprint density at radius 3 is 2.67 bits per heavy atom. The highest BCUT2D eigenvalue weighted by Gasteiger charge is 2.20. The van der Waals surface area contributed by atoms with E-state index < -0.39 is 15.9 Å². The van der Waals surface area contributed by atoms with Crippen LogP contribution in [-0.2, 0) is 16.4 Å². The molecule has 0 saturated carbocycles. The zero-order valence-corrected chi connectivity index (χ0v) is 12.4. The molecule has 104 valence electrons. The molecule has 6 nitrogen and oxygen atoms in total. The van der Waals surface area contributed by atoms with Crippen LogP contribution >= 0.6 is 11.6 Å². The number of nitrogens with zero attached hydrogens (tertiary/aromatic N) is 3. The summed E-state index contributed by atoms with van der Waals surface area (Å²) in [7, 11) is 0.742. The summed E-state index contributed by atoms with van der Waals surface area (Å²) < 4.78 is 24.2. The lowest BCUT2D eigenvalue weighted by molar-refractivity contribution is 0.367.